The minimum absolute atomic E-state index is 0.575. The van der Waals surface area contributed by atoms with E-state index in [0.717, 1.165) is 5.56 Å². The van der Waals surface area contributed by atoms with Crippen LogP contribution in [-0.4, -0.2) is 11.8 Å². The molecule has 84 valence electrons. The Bertz CT molecular complexity index is 422. The van der Waals surface area contributed by atoms with E-state index >= 15 is 0 Å². The zero-order valence-corrected chi connectivity index (χ0v) is 9.40. The highest BCUT2D eigenvalue weighted by atomic mass is 16.8. The SMILES string of the molecule is CCC1(C)OC(=O)O/C1=C\c1ccccc1. The minimum atomic E-state index is -0.632. The largest absolute Gasteiger partial charge is 0.514 e. The summed E-state index contributed by atoms with van der Waals surface area (Å²) in [6.45, 7) is 3.81. The quantitative estimate of drug-likeness (QED) is 0.714. The van der Waals surface area contributed by atoms with Gasteiger partial charge in [-0.1, -0.05) is 37.3 Å². The number of carbonyl (C=O) groups excluding carboxylic acids is 1. The van der Waals surface area contributed by atoms with Gasteiger partial charge in [0.05, 0.1) is 0 Å². The van der Waals surface area contributed by atoms with E-state index in [-0.39, 0.29) is 0 Å². The molecule has 1 fully saturated rings. The van der Waals surface area contributed by atoms with E-state index in [2.05, 4.69) is 0 Å². The van der Waals surface area contributed by atoms with Gasteiger partial charge in [-0.05, 0) is 25.0 Å². The van der Waals surface area contributed by atoms with Crippen molar-refractivity contribution in [3.8, 4) is 0 Å². The first kappa shape index (κ1) is 10.7. The van der Waals surface area contributed by atoms with Gasteiger partial charge < -0.3 is 9.47 Å². The third kappa shape index (κ3) is 1.94. The molecule has 1 aromatic rings. The zero-order chi connectivity index (χ0) is 11.6. The van der Waals surface area contributed by atoms with Gasteiger partial charge in [0.1, 0.15) is 0 Å². The van der Waals surface area contributed by atoms with E-state index in [9.17, 15) is 4.79 Å². The molecule has 1 unspecified atom stereocenters. The average molecular weight is 218 g/mol. The highest BCUT2D eigenvalue weighted by molar-refractivity contribution is 5.70. The predicted octanol–water partition coefficient (Wildman–Crippen LogP) is 3.36. The molecule has 1 saturated heterocycles. The maximum Gasteiger partial charge on any atom is 0.514 e. The molecule has 0 aliphatic carbocycles. The Morgan fingerprint density at radius 1 is 1.31 bits per heavy atom. The van der Waals surface area contributed by atoms with Gasteiger partial charge in [0.25, 0.3) is 0 Å². The molecule has 1 aliphatic rings. The lowest BCUT2D eigenvalue weighted by Crippen LogP contribution is -2.24. The first-order valence-corrected chi connectivity index (χ1v) is 5.32. The Labute approximate surface area is 94.7 Å². The summed E-state index contributed by atoms with van der Waals surface area (Å²) in [5.74, 6) is 0.575. The molecule has 0 amide bonds. The van der Waals surface area contributed by atoms with Gasteiger partial charge in [-0.2, -0.15) is 0 Å². The lowest BCUT2D eigenvalue weighted by Gasteiger charge is -2.18. The van der Waals surface area contributed by atoms with Crippen molar-refractivity contribution in [3.05, 3.63) is 41.7 Å². The number of hydrogen-bond acceptors (Lipinski definition) is 3. The molecule has 0 spiro atoms. The Balaban J connectivity index is 2.33. The van der Waals surface area contributed by atoms with Gasteiger partial charge >= 0.3 is 6.16 Å². The van der Waals surface area contributed by atoms with Crippen LogP contribution in [-0.2, 0) is 9.47 Å². The summed E-state index contributed by atoms with van der Waals surface area (Å²) in [5, 5.41) is 0. The molecule has 0 bridgehead atoms. The molecule has 0 radical (unpaired) electrons. The maximum absolute atomic E-state index is 11.1. The van der Waals surface area contributed by atoms with Gasteiger partial charge in [0.15, 0.2) is 11.4 Å². The smallest absolute Gasteiger partial charge is 0.419 e. The summed E-state index contributed by atoms with van der Waals surface area (Å²) < 4.78 is 10.2. The van der Waals surface area contributed by atoms with Crippen molar-refractivity contribution < 1.29 is 14.3 Å². The van der Waals surface area contributed by atoms with E-state index in [4.69, 9.17) is 9.47 Å². The van der Waals surface area contributed by atoms with Crippen molar-refractivity contribution in [2.75, 3.05) is 0 Å². The van der Waals surface area contributed by atoms with Gasteiger partial charge in [-0.3, -0.25) is 0 Å². The predicted molar refractivity (Wildman–Crippen MR) is 60.7 cm³/mol. The van der Waals surface area contributed by atoms with Crippen molar-refractivity contribution >= 4 is 12.2 Å². The second-order valence-corrected chi connectivity index (χ2v) is 3.96. The van der Waals surface area contributed by atoms with Crippen LogP contribution in [0.25, 0.3) is 6.08 Å². The monoisotopic (exact) mass is 218 g/mol. The second-order valence-electron chi connectivity index (χ2n) is 3.96. The van der Waals surface area contributed by atoms with E-state index in [1.54, 1.807) is 0 Å². The second kappa shape index (κ2) is 4.00. The molecule has 2 rings (SSSR count). The van der Waals surface area contributed by atoms with Crippen LogP contribution in [0.2, 0.25) is 0 Å². The first-order valence-electron chi connectivity index (χ1n) is 5.32. The van der Waals surface area contributed by atoms with Crippen LogP contribution in [0.5, 0.6) is 0 Å². The fourth-order valence-electron chi connectivity index (χ4n) is 1.58. The molecular weight excluding hydrogens is 204 g/mol. The van der Waals surface area contributed by atoms with Gasteiger partial charge in [-0.25, -0.2) is 4.79 Å². The Hall–Kier alpha value is -1.77. The lowest BCUT2D eigenvalue weighted by atomic mass is 9.99. The minimum Gasteiger partial charge on any atom is -0.419 e. The summed E-state index contributed by atoms with van der Waals surface area (Å²) >= 11 is 0. The number of ether oxygens (including phenoxy) is 2. The normalized spacial score (nSPS) is 26.6. The number of benzene rings is 1. The summed E-state index contributed by atoms with van der Waals surface area (Å²) in [6, 6.07) is 9.73. The number of rotatable bonds is 2. The molecule has 1 aliphatic heterocycles. The first-order chi connectivity index (χ1) is 7.64. The molecule has 16 heavy (non-hydrogen) atoms. The van der Waals surface area contributed by atoms with Crippen molar-refractivity contribution in [1.29, 1.82) is 0 Å². The van der Waals surface area contributed by atoms with Crippen LogP contribution in [0.3, 0.4) is 0 Å². The van der Waals surface area contributed by atoms with Crippen LogP contribution in [0.4, 0.5) is 4.79 Å². The van der Waals surface area contributed by atoms with Crippen LogP contribution < -0.4 is 0 Å². The molecule has 1 heterocycles. The Kier molecular flexibility index (Phi) is 2.69. The van der Waals surface area contributed by atoms with E-state index in [1.807, 2.05) is 50.3 Å². The zero-order valence-electron chi connectivity index (χ0n) is 9.40. The molecular formula is C13H14O3. The molecule has 0 saturated carbocycles. The third-order valence-corrected chi connectivity index (χ3v) is 2.80. The van der Waals surface area contributed by atoms with Crippen LogP contribution in [0.15, 0.2) is 36.1 Å². The molecule has 0 N–H and O–H groups in total. The highest BCUT2D eigenvalue weighted by Crippen LogP contribution is 2.34. The third-order valence-electron chi connectivity index (χ3n) is 2.80. The fourth-order valence-corrected chi connectivity index (χ4v) is 1.58. The highest BCUT2D eigenvalue weighted by Gasteiger charge is 2.41. The lowest BCUT2D eigenvalue weighted by molar-refractivity contribution is 0.0747. The molecule has 1 atom stereocenters. The van der Waals surface area contributed by atoms with Crippen molar-refractivity contribution in [2.45, 2.75) is 25.9 Å². The summed E-state index contributed by atoms with van der Waals surface area (Å²) in [5.41, 5.74) is 0.364. The van der Waals surface area contributed by atoms with E-state index in [0.29, 0.717) is 12.2 Å². The van der Waals surface area contributed by atoms with E-state index in [1.165, 1.54) is 0 Å². The summed E-state index contributed by atoms with van der Waals surface area (Å²) in [7, 11) is 0. The number of carbonyl (C=O) groups is 1. The molecule has 3 heteroatoms. The van der Waals surface area contributed by atoms with Crippen molar-refractivity contribution in [2.24, 2.45) is 0 Å². The van der Waals surface area contributed by atoms with Crippen LogP contribution in [0, 0.1) is 0 Å². The molecule has 1 aromatic carbocycles. The van der Waals surface area contributed by atoms with Crippen molar-refractivity contribution in [1.82, 2.24) is 0 Å². The Morgan fingerprint density at radius 3 is 2.62 bits per heavy atom. The number of cyclic esters (lactones) is 2. The number of hydrogen-bond donors (Lipinski definition) is 0. The molecule has 0 aromatic heterocycles. The fraction of sp³-hybridized carbons (Fsp3) is 0.308. The standard InChI is InChI=1S/C13H14O3/c1-3-13(2)11(15-12(14)16-13)9-10-7-5-4-6-8-10/h4-9H,3H2,1-2H3/b11-9-. The Morgan fingerprint density at radius 2 is 2.00 bits per heavy atom. The van der Waals surface area contributed by atoms with Gasteiger partial charge in [-0.15, -0.1) is 0 Å². The van der Waals surface area contributed by atoms with Crippen molar-refractivity contribution in [3.63, 3.8) is 0 Å². The summed E-state index contributed by atoms with van der Waals surface area (Å²) in [4.78, 5) is 11.1. The maximum atomic E-state index is 11.1. The topological polar surface area (TPSA) is 35.5 Å². The van der Waals surface area contributed by atoms with Gasteiger partial charge in [0.2, 0.25) is 0 Å². The molecule has 3 nitrogen and oxygen atoms in total. The average Bonchev–Trinajstić information content (AvgIpc) is 2.56. The van der Waals surface area contributed by atoms with E-state index < -0.39 is 11.8 Å². The van der Waals surface area contributed by atoms with Gasteiger partial charge in [0, 0.05) is 0 Å². The van der Waals surface area contributed by atoms with Crippen LogP contribution >= 0.6 is 0 Å². The van der Waals surface area contributed by atoms with Crippen LogP contribution in [0.1, 0.15) is 25.8 Å². The summed E-state index contributed by atoms with van der Waals surface area (Å²) in [6.07, 6.45) is 1.91.